The number of hydrogen-bond acceptors (Lipinski definition) is 2. The van der Waals surface area contributed by atoms with Gasteiger partial charge in [0.1, 0.15) is 18.2 Å². The summed E-state index contributed by atoms with van der Waals surface area (Å²) in [6, 6.07) is 10.7. The number of rotatable bonds is 5. The standard InChI is InChI=1S/C16H17BrFNO/c1-11-7-14(17)8-13(9-19-2)16(11)20-10-12-5-3-4-6-15(12)18/h3-8,19H,9-10H2,1-2H3. The van der Waals surface area contributed by atoms with E-state index in [1.54, 1.807) is 12.1 Å². The van der Waals surface area contributed by atoms with Crippen LogP contribution in [0, 0.1) is 12.7 Å². The van der Waals surface area contributed by atoms with E-state index < -0.39 is 0 Å². The molecular formula is C16H17BrFNO. The Kier molecular flexibility index (Phi) is 5.15. The van der Waals surface area contributed by atoms with E-state index in [9.17, 15) is 4.39 Å². The molecule has 0 atom stereocenters. The molecule has 0 saturated carbocycles. The Balaban J connectivity index is 2.22. The number of halogens is 2. The predicted octanol–water partition coefficient (Wildman–Crippen LogP) is 4.20. The molecule has 0 heterocycles. The van der Waals surface area contributed by atoms with Crippen LogP contribution in [-0.2, 0) is 13.2 Å². The Morgan fingerprint density at radius 1 is 1.20 bits per heavy atom. The molecule has 20 heavy (non-hydrogen) atoms. The summed E-state index contributed by atoms with van der Waals surface area (Å²) in [6.07, 6.45) is 0. The van der Waals surface area contributed by atoms with Gasteiger partial charge in [-0.05, 0) is 37.7 Å². The lowest BCUT2D eigenvalue weighted by Crippen LogP contribution is -2.09. The molecule has 2 aromatic carbocycles. The molecule has 2 aromatic rings. The lowest BCUT2D eigenvalue weighted by atomic mass is 10.1. The van der Waals surface area contributed by atoms with Crippen molar-refractivity contribution < 1.29 is 9.13 Å². The SMILES string of the molecule is CNCc1cc(Br)cc(C)c1OCc1ccccc1F. The molecule has 0 radical (unpaired) electrons. The molecule has 106 valence electrons. The van der Waals surface area contributed by atoms with E-state index in [0.29, 0.717) is 12.1 Å². The van der Waals surface area contributed by atoms with Gasteiger partial charge in [-0.1, -0.05) is 34.1 Å². The van der Waals surface area contributed by atoms with Crippen molar-refractivity contribution in [3.8, 4) is 5.75 Å². The molecule has 0 saturated heterocycles. The van der Waals surface area contributed by atoms with Crippen LogP contribution in [0.15, 0.2) is 40.9 Å². The molecule has 0 fully saturated rings. The van der Waals surface area contributed by atoms with Gasteiger partial charge in [0.2, 0.25) is 0 Å². The third kappa shape index (κ3) is 3.58. The molecule has 0 aliphatic rings. The first kappa shape index (κ1) is 15.0. The highest BCUT2D eigenvalue weighted by molar-refractivity contribution is 9.10. The molecule has 0 unspecified atom stereocenters. The van der Waals surface area contributed by atoms with Crippen LogP contribution in [0.25, 0.3) is 0 Å². The highest BCUT2D eigenvalue weighted by Gasteiger charge is 2.10. The summed E-state index contributed by atoms with van der Waals surface area (Å²) in [7, 11) is 1.89. The summed E-state index contributed by atoms with van der Waals surface area (Å²) < 4.78 is 20.5. The average molecular weight is 338 g/mol. The Hall–Kier alpha value is -1.39. The zero-order chi connectivity index (χ0) is 14.5. The third-order valence-electron chi connectivity index (χ3n) is 3.01. The fraction of sp³-hybridized carbons (Fsp3) is 0.250. The van der Waals surface area contributed by atoms with Crippen molar-refractivity contribution in [1.29, 1.82) is 0 Å². The normalized spacial score (nSPS) is 10.6. The van der Waals surface area contributed by atoms with Crippen molar-refractivity contribution in [2.24, 2.45) is 0 Å². The Morgan fingerprint density at radius 3 is 2.65 bits per heavy atom. The van der Waals surface area contributed by atoms with E-state index in [1.165, 1.54) is 6.07 Å². The Labute approximate surface area is 127 Å². The molecule has 0 aliphatic heterocycles. The number of nitrogens with one attached hydrogen (secondary N) is 1. The first-order valence-electron chi connectivity index (χ1n) is 6.41. The van der Waals surface area contributed by atoms with Crippen LogP contribution in [0.3, 0.4) is 0 Å². The maximum atomic E-state index is 13.6. The third-order valence-corrected chi connectivity index (χ3v) is 3.47. The van der Waals surface area contributed by atoms with Crippen molar-refractivity contribution in [2.75, 3.05) is 7.05 Å². The maximum Gasteiger partial charge on any atom is 0.129 e. The van der Waals surface area contributed by atoms with Gasteiger partial charge in [-0.25, -0.2) is 4.39 Å². The Bertz CT molecular complexity index is 601. The van der Waals surface area contributed by atoms with E-state index in [0.717, 1.165) is 21.3 Å². The van der Waals surface area contributed by atoms with Crippen LogP contribution in [-0.4, -0.2) is 7.05 Å². The second-order valence-corrected chi connectivity index (χ2v) is 5.54. The quantitative estimate of drug-likeness (QED) is 0.882. The summed E-state index contributed by atoms with van der Waals surface area (Å²) in [5.41, 5.74) is 2.64. The van der Waals surface area contributed by atoms with E-state index in [-0.39, 0.29) is 12.4 Å². The topological polar surface area (TPSA) is 21.3 Å². The minimum absolute atomic E-state index is 0.228. The minimum atomic E-state index is -0.238. The van der Waals surface area contributed by atoms with Crippen molar-refractivity contribution in [2.45, 2.75) is 20.1 Å². The zero-order valence-corrected chi connectivity index (χ0v) is 13.1. The molecule has 4 heteroatoms. The molecule has 0 spiro atoms. The molecule has 0 amide bonds. The van der Waals surface area contributed by atoms with Gasteiger partial charge in [-0.2, -0.15) is 0 Å². The fourth-order valence-electron chi connectivity index (χ4n) is 2.09. The number of ether oxygens (including phenoxy) is 1. The van der Waals surface area contributed by atoms with Crippen molar-refractivity contribution in [3.63, 3.8) is 0 Å². The van der Waals surface area contributed by atoms with Crippen LogP contribution in [0.2, 0.25) is 0 Å². The molecule has 0 aliphatic carbocycles. The van der Waals surface area contributed by atoms with E-state index >= 15 is 0 Å². The number of aryl methyl sites for hydroxylation is 1. The van der Waals surface area contributed by atoms with Crippen LogP contribution >= 0.6 is 15.9 Å². The summed E-state index contributed by atoms with van der Waals surface area (Å²) in [6.45, 7) is 2.92. The van der Waals surface area contributed by atoms with E-state index in [4.69, 9.17) is 4.74 Å². The van der Waals surface area contributed by atoms with Gasteiger partial charge >= 0.3 is 0 Å². The predicted molar refractivity (Wildman–Crippen MR) is 82.4 cm³/mol. The monoisotopic (exact) mass is 337 g/mol. The van der Waals surface area contributed by atoms with Crippen LogP contribution in [0.5, 0.6) is 5.75 Å². The Morgan fingerprint density at radius 2 is 1.95 bits per heavy atom. The number of benzene rings is 2. The first-order valence-corrected chi connectivity index (χ1v) is 7.21. The molecule has 2 rings (SSSR count). The van der Waals surface area contributed by atoms with Crippen molar-refractivity contribution in [1.82, 2.24) is 5.32 Å². The van der Waals surface area contributed by atoms with Gasteiger partial charge in [-0.3, -0.25) is 0 Å². The van der Waals surface area contributed by atoms with Gasteiger partial charge in [0.25, 0.3) is 0 Å². The highest BCUT2D eigenvalue weighted by Crippen LogP contribution is 2.29. The van der Waals surface area contributed by atoms with E-state index in [2.05, 4.69) is 21.2 Å². The second kappa shape index (κ2) is 6.86. The zero-order valence-electron chi connectivity index (χ0n) is 11.5. The van der Waals surface area contributed by atoms with Crippen LogP contribution in [0.1, 0.15) is 16.7 Å². The van der Waals surface area contributed by atoms with Gasteiger partial charge < -0.3 is 10.1 Å². The lowest BCUT2D eigenvalue weighted by molar-refractivity contribution is 0.294. The smallest absolute Gasteiger partial charge is 0.129 e. The molecular weight excluding hydrogens is 321 g/mol. The maximum absolute atomic E-state index is 13.6. The molecule has 0 bridgehead atoms. The van der Waals surface area contributed by atoms with Crippen LogP contribution in [0.4, 0.5) is 4.39 Å². The largest absolute Gasteiger partial charge is 0.488 e. The minimum Gasteiger partial charge on any atom is -0.488 e. The summed E-state index contributed by atoms with van der Waals surface area (Å²) in [5, 5.41) is 3.11. The summed E-state index contributed by atoms with van der Waals surface area (Å²) >= 11 is 3.48. The van der Waals surface area contributed by atoms with Gasteiger partial charge in [0.15, 0.2) is 0 Å². The first-order chi connectivity index (χ1) is 9.61. The number of hydrogen-bond donors (Lipinski definition) is 1. The van der Waals surface area contributed by atoms with Gasteiger partial charge in [0, 0.05) is 22.1 Å². The molecule has 2 nitrogen and oxygen atoms in total. The van der Waals surface area contributed by atoms with Gasteiger partial charge in [0.05, 0.1) is 0 Å². The van der Waals surface area contributed by atoms with Crippen molar-refractivity contribution >= 4 is 15.9 Å². The fourth-order valence-corrected chi connectivity index (χ4v) is 2.71. The molecule has 1 N–H and O–H groups in total. The second-order valence-electron chi connectivity index (χ2n) is 4.62. The average Bonchev–Trinajstić information content (AvgIpc) is 2.40. The van der Waals surface area contributed by atoms with Gasteiger partial charge in [-0.15, -0.1) is 0 Å². The van der Waals surface area contributed by atoms with Crippen LogP contribution < -0.4 is 10.1 Å². The summed E-state index contributed by atoms with van der Waals surface area (Å²) in [4.78, 5) is 0. The van der Waals surface area contributed by atoms with E-state index in [1.807, 2.05) is 32.2 Å². The summed E-state index contributed by atoms with van der Waals surface area (Å²) in [5.74, 6) is 0.572. The lowest BCUT2D eigenvalue weighted by Gasteiger charge is -2.15. The molecule has 0 aromatic heterocycles. The highest BCUT2D eigenvalue weighted by atomic mass is 79.9. The van der Waals surface area contributed by atoms with Crippen molar-refractivity contribution in [3.05, 3.63) is 63.4 Å².